The first-order valence-electron chi connectivity index (χ1n) is 6.38. The molecule has 0 heterocycles. The van der Waals surface area contributed by atoms with Crippen LogP contribution in [0, 0.1) is 11.8 Å². The normalized spacial score (nSPS) is 12.3. The van der Waals surface area contributed by atoms with Crippen LogP contribution in [0.5, 0.6) is 0 Å². The average Bonchev–Trinajstić information content (AvgIpc) is 2.40. The van der Waals surface area contributed by atoms with E-state index in [9.17, 15) is 18.3 Å². The molecule has 0 aromatic rings. The van der Waals surface area contributed by atoms with Crippen LogP contribution < -0.4 is 4.72 Å². The predicted octanol–water partition coefficient (Wildman–Crippen LogP) is -0.0226. The van der Waals surface area contributed by atoms with Crippen LogP contribution in [0.25, 0.3) is 0 Å². The minimum atomic E-state index is -3.59. The Kier molecular flexibility index (Phi) is 11.0. The van der Waals surface area contributed by atoms with E-state index in [1.54, 1.807) is 0 Å². The van der Waals surface area contributed by atoms with Gasteiger partial charge in [0.25, 0.3) is 0 Å². The SMILES string of the molecule is C=C(C(C)C)C(CO)CNS(=O)(=O)CN(C)C(C)=O.C=O. The van der Waals surface area contributed by atoms with Crippen LogP contribution >= 0.6 is 0 Å². The molecule has 0 aliphatic rings. The van der Waals surface area contributed by atoms with Crippen LogP contribution in [-0.4, -0.2) is 57.2 Å². The Morgan fingerprint density at radius 3 is 2.14 bits per heavy atom. The van der Waals surface area contributed by atoms with E-state index in [1.807, 2.05) is 20.6 Å². The molecular formula is C13H26N2O5S. The highest BCUT2D eigenvalue weighted by atomic mass is 32.2. The number of hydrogen-bond donors (Lipinski definition) is 2. The summed E-state index contributed by atoms with van der Waals surface area (Å²) in [7, 11) is -2.17. The molecule has 8 heteroatoms. The van der Waals surface area contributed by atoms with Gasteiger partial charge in [0, 0.05) is 26.4 Å². The lowest BCUT2D eigenvalue weighted by Gasteiger charge is -2.21. The number of nitrogens with one attached hydrogen (secondary N) is 1. The Bertz CT molecular complexity index is 434. The molecule has 7 nitrogen and oxygen atoms in total. The standard InChI is InChI=1S/C12H24N2O4S.CH2O/c1-9(2)10(3)12(7-15)6-13-19(17,18)8-14(5)11(4)16;1-2/h9,12-13,15H,3,6-8H2,1-2,4-5H3;1H2. The topological polar surface area (TPSA) is 104 Å². The number of aliphatic hydroxyl groups is 1. The smallest absolute Gasteiger partial charge is 0.229 e. The summed E-state index contributed by atoms with van der Waals surface area (Å²) in [4.78, 5) is 20.1. The molecule has 0 aromatic carbocycles. The average molecular weight is 322 g/mol. The summed E-state index contributed by atoms with van der Waals surface area (Å²) in [6.45, 7) is 10.9. The lowest BCUT2D eigenvalue weighted by molar-refractivity contribution is -0.126. The van der Waals surface area contributed by atoms with Crippen molar-refractivity contribution < 1.29 is 23.1 Å². The molecule has 0 radical (unpaired) electrons. The number of carbonyl (C=O) groups excluding carboxylic acids is 2. The van der Waals surface area contributed by atoms with E-state index in [0.717, 1.165) is 10.5 Å². The molecule has 21 heavy (non-hydrogen) atoms. The van der Waals surface area contributed by atoms with E-state index in [2.05, 4.69) is 11.3 Å². The van der Waals surface area contributed by atoms with E-state index < -0.39 is 15.9 Å². The van der Waals surface area contributed by atoms with Gasteiger partial charge in [0.15, 0.2) is 0 Å². The lowest BCUT2D eigenvalue weighted by Crippen LogP contribution is -2.40. The predicted molar refractivity (Wildman–Crippen MR) is 81.9 cm³/mol. The fraction of sp³-hybridized carbons (Fsp3) is 0.692. The van der Waals surface area contributed by atoms with Crippen molar-refractivity contribution in [2.75, 3.05) is 26.1 Å². The van der Waals surface area contributed by atoms with Gasteiger partial charge >= 0.3 is 0 Å². The number of rotatable bonds is 8. The molecule has 2 N–H and O–H groups in total. The Morgan fingerprint density at radius 2 is 1.81 bits per heavy atom. The number of amides is 1. The maximum atomic E-state index is 11.7. The zero-order chi connectivity index (χ0) is 17.2. The van der Waals surface area contributed by atoms with Gasteiger partial charge in [-0.15, -0.1) is 0 Å². The fourth-order valence-corrected chi connectivity index (χ4v) is 2.64. The number of nitrogens with zero attached hydrogens (tertiary/aromatic N) is 1. The van der Waals surface area contributed by atoms with E-state index in [0.29, 0.717) is 0 Å². The summed E-state index contributed by atoms with van der Waals surface area (Å²) in [6, 6.07) is 0. The summed E-state index contributed by atoms with van der Waals surface area (Å²) >= 11 is 0. The van der Waals surface area contributed by atoms with Gasteiger partial charge in [0.05, 0.1) is 6.61 Å². The number of aliphatic hydroxyl groups excluding tert-OH is 1. The van der Waals surface area contributed by atoms with E-state index in [4.69, 9.17) is 4.79 Å². The van der Waals surface area contributed by atoms with Gasteiger partial charge in [0.2, 0.25) is 15.9 Å². The number of sulfonamides is 1. The van der Waals surface area contributed by atoms with Crippen LogP contribution in [0.1, 0.15) is 20.8 Å². The summed E-state index contributed by atoms with van der Waals surface area (Å²) in [5.74, 6) is -0.871. The molecule has 1 unspecified atom stereocenters. The molecule has 0 saturated carbocycles. The zero-order valence-corrected chi connectivity index (χ0v) is 13.9. The highest BCUT2D eigenvalue weighted by molar-refractivity contribution is 7.89. The quantitative estimate of drug-likeness (QED) is 0.611. The Balaban J connectivity index is 0. The highest BCUT2D eigenvalue weighted by Gasteiger charge is 2.20. The Hall–Kier alpha value is -1.25. The van der Waals surface area contributed by atoms with Gasteiger partial charge in [-0.2, -0.15) is 0 Å². The Labute approximate surface area is 127 Å². The molecule has 0 bridgehead atoms. The van der Waals surface area contributed by atoms with Gasteiger partial charge in [-0.1, -0.05) is 26.0 Å². The van der Waals surface area contributed by atoms with Gasteiger partial charge < -0.3 is 14.8 Å². The van der Waals surface area contributed by atoms with Crippen LogP contribution in [0.15, 0.2) is 12.2 Å². The van der Waals surface area contributed by atoms with Crippen molar-refractivity contribution in [2.45, 2.75) is 20.8 Å². The fourth-order valence-electron chi connectivity index (χ4n) is 1.40. The third-order valence-electron chi connectivity index (χ3n) is 2.94. The molecule has 0 rings (SSSR count). The third-order valence-corrected chi connectivity index (χ3v) is 4.27. The van der Waals surface area contributed by atoms with Crippen molar-refractivity contribution in [3.05, 3.63) is 12.2 Å². The van der Waals surface area contributed by atoms with E-state index in [1.165, 1.54) is 14.0 Å². The van der Waals surface area contributed by atoms with Gasteiger partial charge in [0.1, 0.15) is 12.7 Å². The molecule has 0 aliphatic heterocycles. The summed E-state index contributed by atoms with van der Waals surface area (Å²) < 4.78 is 25.9. The van der Waals surface area contributed by atoms with E-state index in [-0.39, 0.29) is 30.9 Å². The third kappa shape index (κ3) is 9.33. The minimum Gasteiger partial charge on any atom is -0.396 e. The molecule has 124 valence electrons. The van der Waals surface area contributed by atoms with Gasteiger partial charge in [-0.25, -0.2) is 13.1 Å². The largest absolute Gasteiger partial charge is 0.396 e. The summed E-state index contributed by atoms with van der Waals surface area (Å²) in [5, 5.41) is 9.25. The van der Waals surface area contributed by atoms with Crippen LogP contribution in [0.3, 0.4) is 0 Å². The second-order valence-corrected chi connectivity index (χ2v) is 6.69. The monoisotopic (exact) mass is 322 g/mol. The lowest BCUT2D eigenvalue weighted by atomic mass is 9.92. The van der Waals surface area contributed by atoms with Crippen molar-refractivity contribution >= 4 is 22.7 Å². The molecule has 1 amide bonds. The molecule has 0 fully saturated rings. The van der Waals surface area contributed by atoms with Crippen molar-refractivity contribution in [3.8, 4) is 0 Å². The maximum absolute atomic E-state index is 11.7. The first kappa shape index (κ1) is 22.0. The van der Waals surface area contributed by atoms with Crippen molar-refractivity contribution in [1.82, 2.24) is 9.62 Å². The molecule has 0 aliphatic carbocycles. The van der Waals surface area contributed by atoms with Crippen LogP contribution in [0.4, 0.5) is 0 Å². The minimum absolute atomic E-state index is 0.0849. The first-order chi connectivity index (χ1) is 9.60. The number of hydrogen-bond acceptors (Lipinski definition) is 5. The second-order valence-electron chi connectivity index (χ2n) is 4.92. The van der Waals surface area contributed by atoms with Gasteiger partial charge in [-0.05, 0) is 5.92 Å². The highest BCUT2D eigenvalue weighted by Crippen LogP contribution is 2.17. The Morgan fingerprint density at radius 1 is 1.33 bits per heavy atom. The molecule has 1 atom stereocenters. The molecular weight excluding hydrogens is 296 g/mol. The number of carbonyl (C=O) groups is 2. The molecule has 0 spiro atoms. The van der Waals surface area contributed by atoms with Crippen molar-refractivity contribution in [3.63, 3.8) is 0 Å². The second kappa shape index (κ2) is 10.5. The van der Waals surface area contributed by atoms with Gasteiger partial charge in [-0.3, -0.25) is 4.79 Å². The molecule has 0 saturated heterocycles. The van der Waals surface area contributed by atoms with Crippen LogP contribution in [0.2, 0.25) is 0 Å². The van der Waals surface area contributed by atoms with Crippen LogP contribution in [-0.2, 0) is 19.6 Å². The first-order valence-corrected chi connectivity index (χ1v) is 8.03. The van der Waals surface area contributed by atoms with Crippen molar-refractivity contribution in [2.24, 2.45) is 11.8 Å². The van der Waals surface area contributed by atoms with E-state index >= 15 is 0 Å². The maximum Gasteiger partial charge on any atom is 0.229 e. The summed E-state index contributed by atoms with van der Waals surface area (Å²) in [5.41, 5.74) is 0.796. The molecule has 0 aromatic heterocycles. The zero-order valence-electron chi connectivity index (χ0n) is 13.1. The summed E-state index contributed by atoms with van der Waals surface area (Å²) in [6.07, 6.45) is 0. The van der Waals surface area contributed by atoms with Crippen molar-refractivity contribution in [1.29, 1.82) is 0 Å².